The number of para-hydroxylation sites is 1. The second kappa shape index (κ2) is 8.68. The highest BCUT2D eigenvalue weighted by Crippen LogP contribution is 2.31. The maximum Gasteiger partial charge on any atom is 0.247 e. The molecule has 1 heterocycles. The monoisotopic (exact) mass is 394 g/mol. The fraction of sp³-hybridized carbons (Fsp3) is 0.417. The van der Waals surface area contributed by atoms with Gasteiger partial charge in [-0.05, 0) is 42.0 Å². The zero-order chi connectivity index (χ0) is 21.0. The molecule has 5 heteroatoms. The minimum Gasteiger partial charge on any atom is -0.497 e. The molecule has 1 aliphatic rings. The lowest BCUT2D eigenvalue weighted by molar-refractivity contribution is -0.138. The Bertz CT molecular complexity index is 868. The number of nitrogens with one attached hydrogen (secondary N) is 1. The number of ether oxygens (including phenoxy) is 1. The van der Waals surface area contributed by atoms with Crippen LogP contribution in [0, 0.1) is 5.41 Å². The maximum absolute atomic E-state index is 13.1. The molecule has 1 fully saturated rings. The van der Waals surface area contributed by atoms with Gasteiger partial charge in [-0.3, -0.25) is 9.59 Å². The quantitative estimate of drug-likeness (QED) is 0.798. The molecule has 0 aliphatic carbocycles. The van der Waals surface area contributed by atoms with Crippen LogP contribution in [0.15, 0.2) is 48.5 Å². The Kier molecular flexibility index (Phi) is 6.26. The fourth-order valence-corrected chi connectivity index (χ4v) is 3.72. The van der Waals surface area contributed by atoms with E-state index < -0.39 is 6.04 Å². The molecule has 1 unspecified atom stereocenters. The van der Waals surface area contributed by atoms with Gasteiger partial charge >= 0.3 is 0 Å². The van der Waals surface area contributed by atoms with Gasteiger partial charge in [0.25, 0.3) is 0 Å². The summed E-state index contributed by atoms with van der Waals surface area (Å²) in [5.41, 5.74) is 2.59. The molecule has 2 aromatic rings. The Labute approximate surface area is 173 Å². The first-order chi connectivity index (χ1) is 13.8. The fourth-order valence-electron chi connectivity index (χ4n) is 3.72. The zero-order valence-electron chi connectivity index (χ0n) is 17.7. The van der Waals surface area contributed by atoms with Crippen LogP contribution in [0.2, 0.25) is 0 Å². The Balaban J connectivity index is 1.77. The van der Waals surface area contributed by atoms with Crippen LogP contribution in [0.3, 0.4) is 0 Å². The molecule has 0 radical (unpaired) electrons. The molecule has 3 rings (SSSR count). The average Bonchev–Trinajstić information content (AvgIpc) is 3.17. The van der Waals surface area contributed by atoms with Crippen LogP contribution in [-0.2, 0) is 9.59 Å². The van der Waals surface area contributed by atoms with E-state index in [1.54, 1.807) is 12.0 Å². The van der Waals surface area contributed by atoms with Crippen LogP contribution < -0.4 is 10.1 Å². The van der Waals surface area contributed by atoms with Crippen LogP contribution >= 0.6 is 0 Å². The van der Waals surface area contributed by atoms with Crippen molar-refractivity contribution in [1.82, 2.24) is 4.90 Å². The van der Waals surface area contributed by atoms with Crippen molar-refractivity contribution in [2.75, 3.05) is 19.0 Å². The van der Waals surface area contributed by atoms with Crippen molar-refractivity contribution in [2.24, 2.45) is 5.41 Å². The second-order valence-electron chi connectivity index (χ2n) is 8.75. The first kappa shape index (κ1) is 20.9. The number of carbonyl (C=O) groups is 2. The van der Waals surface area contributed by atoms with E-state index in [4.69, 9.17) is 4.74 Å². The predicted octanol–water partition coefficient (Wildman–Crippen LogP) is 4.73. The topological polar surface area (TPSA) is 58.6 Å². The summed E-state index contributed by atoms with van der Waals surface area (Å²) in [6.07, 6.45) is 2.00. The lowest BCUT2D eigenvalue weighted by Crippen LogP contribution is -2.44. The lowest BCUT2D eigenvalue weighted by Gasteiger charge is -2.27. The van der Waals surface area contributed by atoms with Crippen molar-refractivity contribution in [3.05, 3.63) is 48.5 Å². The summed E-state index contributed by atoms with van der Waals surface area (Å²) in [5, 5.41) is 3.06. The van der Waals surface area contributed by atoms with Gasteiger partial charge in [0.15, 0.2) is 0 Å². The van der Waals surface area contributed by atoms with Crippen LogP contribution in [0.25, 0.3) is 11.1 Å². The van der Waals surface area contributed by atoms with E-state index >= 15 is 0 Å². The summed E-state index contributed by atoms with van der Waals surface area (Å²) < 4.78 is 5.23. The molecule has 154 valence electrons. The predicted molar refractivity (Wildman–Crippen MR) is 116 cm³/mol. The number of amides is 2. The maximum atomic E-state index is 13.1. The molecule has 2 aromatic carbocycles. The van der Waals surface area contributed by atoms with E-state index in [1.165, 1.54) is 0 Å². The van der Waals surface area contributed by atoms with Gasteiger partial charge in [0, 0.05) is 24.2 Å². The molecular formula is C24H30N2O3. The van der Waals surface area contributed by atoms with E-state index in [1.807, 2.05) is 69.3 Å². The first-order valence-corrected chi connectivity index (χ1v) is 10.1. The molecule has 1 saturated heterocycles. The van der Waals surface area contributed by atoms with Crippen molar-refractivity contribution in [2.45, 2.75) is 46.1 Å². The third-order valence-corrected chi connectivity index (χ3v) is 5.14. The highest BCUT2D eigenvalue weighted by atomic mass is 16.5. The largest absolute Gasteiger partial charge is 0.497 e. The number of nitrogens with zero attached hydrogens (tertiary/aromatic N) is 1. The van der Waals surface area contributed by atoms with Crippen molar-refractivity contribution < 1.29 is 14.3 Å². The molecule has 1 atom stereocenters. The standard InChI is InChI=1S/C24H30N2O3/c1-24(2,3)16-22(27)26-15-7-10-21(26)23(28)25-20-9-6-5-8-19(20)17-11-13-18(29-4)14-12-17/h5-6,8-9,11-14,21H,7,10,15-16H2,1-4H3,(H,25,28). The van der Waals surface area contributed by atoms with Crippen LogP contribution in [-0.4, -0.2) is 36.4 Å². The SMILES string of the molecule is COc1ccc(-c2ccccc2NC(=O)C2CCCN2C(=O)CC(C)(C)C)cc1. The van der Waals surface area contributed by atoms with Crippen molar-refractivity contribution in [3.63, 3.8) is 0 Å². The Morgan fingerprint density at radius 1 is 1.10 bits per heavy atom. The zero-order valence-corrected chi connectivity index (χ0v) is 17.7. The number of carbonyl (C=O) groups excluding carboxylic acids is 2. The highest BCUT2D eigenvalue weighted by Gasteiger charge is 2.35. The Morgan fingerprint density at radius 2 is 1.79 bits per heavy atom. The number of anilines is 1. The van der Waals surface area contributed by atoms with Crippen LogP contribution in [0.4, 0.5) is 5.69 Å². The lowest BCUT2D eigenvalue weighted by atomic mass is 9.91. The molecule has 0 saturated carbocycles. The van der Waals surface area contributed by atoms with Crippen molar-refractivity contribution in [1.29, 1.82) is 0 Å². The van der Waals surface area contributed by atoms with E-state index in [0.717, 1.165) is 29.0 Å². The molecule has 5 nitrogen and oxygen atoms in total. The van der Waals surface area contributed by atoms with Gasteiger partial charge in [0.05, 0.1) is 7.11 Å². The summed E-state index contributed by atoms with van der Waals surface area (Å²) in [4.78, 5) is 27.5. The van der Waals surface area contributed by atoms with Gasteiger partial charge in [0.2, 0.25) is 11.8 Å². The third kappa shape index (κ3) is 5.17. The average molecular weight is 395 g/mol. The number of methoxy groups -OCH3 is 1. The van der Waals surface area contributed by atoms with Gasteiger partial charge in [-0.1, -0.05) is 51.1 Å². The van der Waals surface area contributed by atoms with Gasteiger partial charge in [0.1, 0.15) is 11.8 Å². The van der Waals surface area contributed by atoms with Gasteiger partial charge in [-0.2, -0.15) is 0 Å². The number of hydrogen-bond acceptors (Lipinski definition) is 3. The summed E-state index contributed by atoms with van der Waals surface area (Å²) in [5.74, 6) is 0.721. The summed E-state index contributed by atoms with van der Waals surface area (Å²) in [6.45, 7) is 6.77. The second-order valence-corrected chi connectivity index (χ2v) is 8.75. The summed E-state index contributed by atoms with van der Waals surface area (Å²) >= 11 is 0. The molecule has 29 heavy (non-hydrogen) atoms. The molecule has 2 amide bonds. The smallest absolute Gasteiger partial charge is 0.247 e. The molecule has 1 N–H and O–H groups in total. The molecule has 0 spiro atoms. The molecule has 1 aliphatic heterocycles. The van der Waals surface area contributed by atoms with E-state index in [2.05, 4.69) is 5.32 Å². The molecule has 0 aromatic heterocycles. The van der Waals surface area contributed by atoms with Crippen molar-refractivity contribution >= 4 is 17.5 Å². The normalized spacial score (nSPS) is 16.6. The Hall–Kier alpha value is -2.82. The summed E-state index contributed by atoms with van der Waals surface area (Å²) in [6, 6.07) is 15.1. The number of rotatable bonds is 5. The minimum absolute atomic E-state index is 0.0542. The molecule has 0 bridgehead atoms. The first-order valence-electron chi connectivity index (χ1n) is 10.1. The third-order valence-electron chi connectivity index (χ3n) is 5.14. The highest BCUT2D eigenvalue weighted by molar-refractivity contribution is 6.00. The van der Waals surface area contributed by atoms with Gasteiger partial charge < -0.3 is 15.0 Å². The van der Waals surface area contributed by atoms with Gasteiger partial charge in [-0.25, -0.2) is 0 Å². The minimum atomic E-state index is -0.409. The number of likely N-dealkylation sites (tertiary alicyclic amines) is 1. The Morgan fingerprint density at radius 3 is 2.45 bits per heavy atom. The summed E-state index contributed by atoms with van der Waals surface area (Å²) in [7, 11) is 1.64. The molecular weight excluding hydrogens is 364 g/mol. The van der Waals surface area contributed by atoms with E-state index in [9.17, 15) is 9.59 Å². The van der Waals surface area contributed by atoms with Crippen LogP contribution in [0.1, 0.15) is 40.0 Å². The number of hydrogen-bond donors (Lipinski definition) is 1. The van der Waals surface area contributed by atoms with E-state index in [0.29, 0.717) is 19.4 Å². The van der Waals surface area contributed by atoms with Crippen LogP contribution in [0.5, 0.6) is 5.75 Å². The van der Waals surface area contributed by atoms with E-state index in [-0.39, 0.29) is 17.2 Å². The van der Waals surface area contributed by atoms with Gasteiger partial charge in [-0.15, -0.1) is 0 Å². The number of benzene rings is 2. The van der Waals surface area contributed by atoms with Crippen molar-refractivity contribution in [3.8, 4) is 16.9 Å².